The van der Waals surface area contributed by atoms with E-state index < -0.39 is 5.82 Å². The Labute approximate surface area is 222 Å². The molecule has 192 valence electrons. The Kier molecular flexibility index (Phi) is 5.58. The van der Waals surface area contributed by atoms with Crippen molar-refractivity contribution in [2.75, 3.05) is 5.32 Å². The van der Waals surface area contributed by atoms with E-state index in [9.17, 15) is 4.79 Å². The standard InChI is InChI=1S/C29H23FN8O/c30-21-13-17(18-11-19(15-31-14-18)34-29(39)16-5-1-2-6-16)12-20-24(21)37-38-25(20)28-35-23-8-10-33-26(27(23)36-28)22-7-3-4-9-32-22/h3-4,7-16H,1-2,5-6H2,(H,34,39)(H,35,36)(H,37,38). The van der Waals surface area contributed by atoms with Crippen molar-refractivity contribution in [3.05, 3.63) is 73.1 Å². The minimum atomic E-state index is -0.475. The zero-order valence-electron chi connectivity index (χ0n) is 20.8. The molecule has 6 aromatic rings. The number of aromatic nitrogens is 7. The maximum absolute atomic E-state index is 15.2. The maximum Gasteiger partial charge on any atom is 0.227 e. The van der Waals surface area contributed by atoms with Crippen molar-refractivity contribution in [2.24, 2.45) is 5.92 Å². The summed E-state index contributed by atoms with van der Waals surface area (Å²) < 4.78 is 15.2. The summed E-state index contributed by atoms with van der Waals surface area (Å²) in [6.07, 6.45) is 10.6. The van der Waals surface area contributed by atoms with Gasteiger partial charge in [0.2, 0.25) is 5.91 Å². The second-order valence-electron chi connectivity index (χ2n) is 9.74. The number of nitrogens with one attached hydrogen (secondary N) is 3. The molecule has 3 N–H and O–H groups in total. The van der Waals surface area contributed by atoms with Crippen LogP contribution in [0, 0.1) is 11.7 Å². The Hall–Kier alpha value is -4.99. The number of benzene rings is 1. The summed E-state index contributed by atoms with van der Waals surface area (Å²) in [6, 6.07) is 12.5. The molecule has 0 atom stereocenters. The number of carbonyl (C=O) groups is 1. The molecular weight excluding hydrogens is 495 g/mol. The van der Waals surface area contributed by atoms with Gasteiger partial charge in [0.25, 0.3) is 0 Å². The lowest BCUT2D eigenvalue weighted by molar-refractivity contribution is -0.119. The van der Waals surface area contributed by atoms with Crippen molar-refractivity contribution in [3.63, 3.8) is 0 Å². The van der Waals surface area contributed by atoms with Crippen LogP contribution in [0.25, 0.3) is 56.0 Å². The monoisotopic (exact) mass is 518 g/mol. The summed E-state index contributed by atoms with van der Waals surface area (Å²) in [7, 11) is 0. The van der Waals surface area contributed by atoms with Gasteiger partial charge in [0.05, 0.1) is 23.1 Å². The van der Waals surface area contributed by atoms with Gasteiger partial charge in [0, 0.05) is 35.5 Å². The van der Waals surface area contributed by atoms with Gasteiger partial charge in [0.15, 0.2) is 11.6 Å². The Bertz CT molecular complexity index is 1840. The first-order chi connectivity index (χ1) is 19.1. The molecule has 0 radical (unpaired) electrons. The van der Waals surface area contributed by atoms with E-state index in [0.29, 0.717) is 50.6 Å². The van der Waals surface area contributed by atoms with Gasteiger partial charge in [-0.2, -0.15) is 5.10 Å². The summed E-state index contributed by atoms with van der Waals surface area (Å²) in [4.78, 5) is 33.9. The molecule has 7 rings (SSSR count). The molecule has 5 aromatic heterocycles. The highest BCUT2D eigenvalue weighted by atomic mass is 19.1. The molecule has 1 aromatic carbocycles. The van der Waals surface area contributed by atoms with Crippen molar-refractivity contribution in [1.82, 2.24) is 35.1 Å². The summed E-state index contributed by atoms with van der Waals surface area (Å²) in [5.41, 5.74) is 5.41. The maximum atomic E-state index is 15.2. The van der Waals surface area contributed by atoms with E-state index in [1.165, 1.54) is 6.07 Å². The fraction of sp³-hybridized carbons (Fsp3) is 0.172. The largest absolute Gasteiger partial charge is 0.337 e. The van der Waals surface area contributed by atoms with E-state index in [4.69, 9.17) is 4.98 Å². The second kappa shape index (κ2) is 9.39. The van der Waals surface area contributed by atoms with Gasteiger partial charge in [0.1, 0.15) is 22.4 Å². The predicted molar refractivity (Wildman–Crippen MR) is 146 cm³/mol. The number of rotatable bonds is 5. The number of fused-ring (bicyclic) bond motifs is 2. The van der Waals surface area contributed by atoms with Gasteiger partial charge in [-0.15, -0.1) is 0 Å². The lowest BCUT2D eigenvalue weighted by Crippen LogP contribution is -2.20. The number of hydrogen-bond acceptors (Lipinski definition) is 6. The van der Waals surface area contributed by atoms with Crippen LogP contribution < -0.4 is 5.32 Å². The first-order valence-electron chi connectivity index (χ1n) is 12.8. The first kappa shape index (κ1) is 23.2. The van der Waals surface area contributed by atoms with E-state index in [-0.39, 0.29) is 17.3 Å². The molecule has 0 bridgehead atoms. The zero-order valence-corrected chi connectivity index (χ0v) is 20.8. The minimum absolute atomic E-state index is 0.00894. The molecule has 1 fully saturated rings. The topological polar surface area (TPSA) is 125 Å². The van der Waals surface area contributed by atoms with Gasteiger partial charge in [-0.1, -0.05) is 18.9 Å². The van der Waals surface area contributed by atoms with E-state index in [0.717, 1.165) is 31.2 Å². The van der Waals surface area contributed by atoms with Crippen molar-refractivity contribution in [1.29, 1.82) is 0 Å². The van der Waals surface area contributed by atoms with E-state index >= 15 is 4.39 Å². The third-order valence-electron chi connectivity index (χ3n) is 7.22. The molecule has 1 saturated carbocycles. The highest BCUT2D eigenvalue weighted by Crippen LogP contribution is 2.34. The average molecular weight is 519 g/mol. The number of pyridine rings is 3. The van der Waals surface area contributed by atoms with Crippen molar-refractivity contribution in [3.8, 4) is 34.0 Å². The highest BCUT2D eigenvalue weighted by molar-refractivity contribution is 5.98. The quantitative estimate of drug-likeness (QED) is 0.261. The van der Waals surface area contributed by atoms with Crippen molar-refractivity contribution >= 4 is 33.5 Å². The van der Waals surface area contributed by atoms with Gasteiger partial charge < -0.3 is 10.3 Å². The van der Waals surface area contributed by atoms with Crippen LogP contribution in [0.4, 0.5) is 10.1 Å². The lowest BCUT2D eigenvalue weighted by atomic mass is 10.0. The summed E-state index contributed by atoms with van der Waals surface area (Å²) >= 11 is 0. The van der Waals surface area contributed by atoms with Gasteiger partial charge in [-0.3, -0.25) is 24.8 Å². The van der Waals surface area contributed by atoms with E-state index in [2.05, 4.69) is 35.5 Å². The molecule has 0 aliphatic heterocycles. The average Bonchev–Trinajstić information content (AvgIpc) is 3.73. The van der Waals surface area contributed by atoms with Gasteiger partial charge in [-0.25, -0.2) is 9.37 Å². The summed E-state index contributed by atoms with van der Waals surface area (Å²) in [5.74, 6) is 0.0741. The van der Waals surface area contributed by atoms with Crippen LogP contribution in [-0.4, -0.2) is 41.0 Å². The number of carbonyl (C=O) groups excluding carboxylic acids is 1. The zero-order chi connectivity index (χ0) is 26.3. The summed E-state index contributed by atoms with van der Waals surface area (Å²) in [5, 5.41) is 10.7. The first-order valence-corrected chi connectivity index (χ1v) is 12.8. The Balaban J connectivity index is 1.27. The number of nitrogens with zero attached hydrogens (tertiary/aromatic N) is 5. The molecular formula is C29H23FN8O. The van der Waals surface area contributed by atoms with Gasteiger partial charge >= 0.3 is 0 Å². The number of imidazole rings is 1. The van der Waals surface area contributed by atoms with E-state index in [1.807, 2.05) is 36.4 Å². The van der Waals surface area contributed by atoms with Crippen LogP contribution in [0.2, 0.25) is 0 Å². The number of halogens is 1. The lowest BCUT2D eigenvalue weighted by Gasteiger charge is -2.11. The molecule has 0 unspecified atom stereocenters. The van der Waals surface area contributed by atoms with E-state index in [1.54, 1.807) is 24.8 Å². The molecule has 1 aliphatic rings. The van der Waals surface area contributed by atoms with Crippen LogP contribution in [0.15, 0.2) is 67.3 Å². The van der Waals surface area contributed by atoms with Crippen LogP contribution in [-0.2, 0) is 4.79 Å². The molecule has 0 saturated heterocycles. The number of anilines is 1. The van der Waals surface area contributed by atoms with Crippen LogP contribution in [0.1, 0.15) is 25.7 Å². The fourth-order valence-corrected chi connectivity index (χ4v) is 5.26. The predicted octanol–water partition coefficient (Wildman–Crippen LogP) is 5.89. The fourth-order valence-electron chi connectivity index (χ4n) is 5.26. The molecule has 39 heavy (non-hydrogen) atoms. The Morgan fingerprint density at radius 2 is 1.87 bits per heavy atom. The van der Waals surface area contributed by atoms with Gasteiger partial charge in [-0.05, 0) is 54.8 Å². The Morgan fingerprint density at radius 3 is 2.72 bits per heavy atom. The SMILES string of the molecule is O=C(Nc1cncc(-c2cc(F)c3n[nH]c(-c4nc5c(-c6ccccn6)nccc5[nH]4)c3c2)c1)C1CCCC1. The molecule has 0 spiro atoms. The Morgan fingerprint density at radius 1 is 0.974 bits per heavy atom. The summed E-state index contributed by atoms with van der Waals surface area (Å²) in [6.45, 7) is 0. The highest BCUT2D eigenvalue weighted by Gasteiger charge is 2.23. The van der Waals surface area contributed by atoms with Crippen molar-refractivity contribution in [2.45, 2.75) is 25.7 Å². The number of hydrogen-bond donors (Lipinski definition) is 3. The molecule has 10 heteroatoms. The smallest absolute Gasteiger partial charge is 0.227 e. The minimum Gasteiger partial charge on any atom is -0.337 e. The number of amides is 1. The molecule has 1 aliphatic carbocycles. The third-order valence-corrected chi connectivity index (χ3v) is 7.22. The van der Waals surface area contributed by atoms with Crippen molar-refractivity contribution < 1.29 is 9.18 Å². The molecule has 5 heterocycles. The molecule has 9 nitrogen and oxygen atoms in total. The molecule has 1 amide bonds. The second-order valence-corrected chi connectivity index (χ2v) is 9.74. The number of aromatic amines is 2. The van der Waals surface area contributed by atoms with Crippen LogP contribution in [0.3, 0.4) is 0 Å². The normalized spacial score (nSPS) is 13.9. The number of H-pyrrole nitrogens is 2. The van der Waals surface area contributed by atoms with Crippen LogP contribution in [0.5, 0.6) is 0 Å². The third kappa shape index (κ3) is 4.19. The van der Waals surface area contributed by atoms with Crippen LogP contribution >= 0.6 is 0 Å².